The van der Waals surface area contributed by atoms with Gasteiger partial charge in [-0.05, 0) is 25.0 Å². The van der Waals surface area contributed by atoms with Gasteiger partial charge in [0.2, 0.25) is 0 Å². The lowest BCUT2D eigenvalue weighted by Gasteiger charge is -2.14. The molecule has 0 saturated heterocycles. The molecule has 1 unspecified atom stereocenters. The van der Waals surface area contributed by atoms with Crippen molar-refractivity contribution in [3.8, 4) is 16.9 Å². The van der Waals surface area contributed by atoms with E-state index in [-0.39, 0.29) is 18.6 Å². The summed E-state index contributed by atoms with van der Waals surface area (Å²) in [5.41, 5.74) is 2.08. The molecule has 0 heterocycles. The van der Waals surface area contributed by atoms with Crippen LogP contribution in [0, 0.1) is 0 Å². The first kappa shape index (κ1) is 16.1. The molecular formula is C19H23NO2. The summed E-state index contributed by atoms with van der Waals surface area (Å²) < 4.78 is 5.72. The van der Waals surface area contributed by atoms with E-state index in [4.69, 9.17) is 4.74 Å². The molecule has 0 saturated carbocycles. The van der Waals surface area contributed by atoms with Crippen molar-refractivity contribution < 1.29 is 9.53 Å². The van der Waals surface area contributed by atoms with Gasteiger partial charge in [-0.15, -0.1) is 0 Å². The molecule has 2 aromatic rings. The SMILES string of the molecule is CCCC(C)NC(=O)COc1ccccc1-c1ccccc1. The Morgan fingerprint density at radius 3 is 2.50 bits per heavy atom. The van der Waals surface area contributed by atoms with Gasteiger partial charge in [-0.2, -0.15) is 0 Å². The second-order valence-electron chi connectivity index (χ2n) is 5.41. The van der Waals surface area contributed by atoms with E-state index in [9.17, 15) is 4.79 Å². The topological polar surface area (TPSA) is 38.3 Å². The lowest BCUT2D eigenvalue weighted by molar-refractivity contribution is -0.123. The summed E-state index contributed by atoms with van der Waals surface area (Å²) in [6, 6.07) is 18.0. The Kier molecular flexibility index (Phi) is 6.01. The number of para-hydroxylation sites is 1. The smallest absolute Gasteiger partial charge is 0.258 e. The van der Waals surface area contributed by atoms with Gasteiger partial charge in [-0.1, -0.05) is 61.9 Å². The van der Waals surface area contributed by atoms with Gasteiger partial charge in [0, 0.05) is 11.6 Å². The van der Waals surface area contributed by atoms with Crippen LogP contribution in [0.1, 0.15) is 26.7 Å². The third-order valence-corrected chi connectivity index (χ3v) is 3.46. The van der Waals surface area contributed by atoms with E-state index < -0.39 is 0 Å². The number of rotatable bonds is 7. The summed E-state index contributed by atoms with van der Waals surface area (Å²) in [5.74, 6) is 0.649. The monoisotopic (exact) mass is 297 g/mol. The van der Waals surface area contributed by atoms with Crippen LogP contribution < -0.4 is 10.1 Å². The van der Waals surface area contributed by atoms with Crippen LogP contribution in [0.25, 0.3) is 11.1 Å². The molecule has 1 atom stereocenters. The Hall–Kier alpha value is -2.29. The summed E-state index contributed by atoms with van der Waals surface area (Å²) in [5, 5.41) is 2.95. The fourth-order valence-corrected chi connectivity index (χ4v) is 2.41. The molecule has 0 aliphatic carbocycles. The van der Waals surface area contributed by atoms with E-state index >= 15 is 0 Å². The summed E-state index contributed by atoms with van der Waals surface area (Å²) in [4.78, 5) is 11.9. The average Bonchev–Trinajstić information content (AvgIpc) is 2.54. The molecule has 3 heteroatoms. The number of carbonyl (C=O) groups is 1. The number of benzene rings is 2. The molecule has 3 nitrogen and oxygen atoms in total. The van der Waals surface area contributed by atoms with Crippen LogP contribution >= 0.6 is 0 Å². The lowest BCUT2D eigenvalue weighted by atomic mass is 10.1. The molecule has 0 spiro atoms. The molecule has 116 valence electrons. The van der Waals surface area contributed by atoms with Crippen LogP contribution in [0.15, 0.2) is 54.6 Å². The van der Waals surface area contributed by atoms with Gasteiger partial charge < -0.3 is 10.1 Å². The van der Waals surface area contributed by atoms with Gasteiger partial charge in [0.1, 0.15) is 5.75 Å². The predicted molar refractivity (Wildman–Crippen MR) is 89.9 cm³/mol. The van der Waals surface area contributed by atoms with Crippen LogP contribution in [0.2, 0.25) is 0 Å². The maximum absolute atomic E-state index is 11.9. The molecule has 1 amide bonds. The van der Waals surface area contributed by atoms with Gasteiger partial charge in [-0.3, -0.25) is 4.79 Å². The maximum Gasteiger partial charge on any atom is 0.258 e. The van der Waals surface area contributed by atoms with E-state index in [1.807, 2.05) is 61.5 Å². The third-order valence-electron chi connectivity index (χ3n) is 3.46. The number of hydrogen-bond donors (Lipinski definition) is 1. The Bertz CT molecular complexity index is 595. The van der Waals surface area contributed by atoms with E-state index in [0.717, 1.165) is 29.7 Å². The Balaban J connectivity index is 2.00. The number of amides is 1. The fourth-order valence-electron chi connectivity index (χ4n) is 2.41. The number of ether oxygens (including phenoxy) is 1. The lowest BCUT2D eigenvalue weighted by Crippen LogP contribution is -2.35. The number of hydrogen-bond acceptors (Lipinski definition) is 2. The standard InChI is InChI=1S/C19H23NO2/c1-3-9-15(2)20-19(21)14-22-18-13-8-7-12-17(18)16-10-5-4-6-11-16/h4-8,10-13,15H,3,9,14H2,1-2H3,(H,20,21). The normalized spacial score (nSPS) is 11.7. The first-order valence-electron chi connectivity index (χ1n) is 7.77. The third kappa shape index (κ3) is 4.62. The van der Waals surface area contributed by atoms with E-state index in [0.29, 0.717) is 0 Å². The minimum Gasteiger partial charge on any atom is -0.483 e. The van der Waals surface area contributed by atoms with Crippen LogP contribution in [-0.4, -0.2) is 18.6 Å². The van der Waals surface area contributed by atoms with Gasteiger partial charge in [-0.25, -0.2) is 0 Å². The highest BCUT2D eigenvalue weighted by atomic mass is 16.5. The molecule has 2 aromatic carbocycles. The minimum absolute atomic E-state index is 0.0396. The van der Waals surface area contributed by atoms with E-state index in [1.54, 1.807) is 0 Å². The van der Waals surface area contributed by atoms with Gasteiger partial charge >= 0.3 is 0 Å². The molecular weight excluding hydrogens is 274 g/mol. The largest absolute Gasteiger partial charge is 0.483 e. The zero-order chi connectivity index (χ0) is 15.8. The Morgan fingerprint density at radius 2 is 1.77 bits per heavy atom. The van der Waals surface area contributed by atoms with Crippen molar-refractivity contribution in [2.45, 2.75) is 32.7 Å². The molecule has 22 heavy (non-hydrogen) atoms. The molecule has 0 radical (unpaired) electrons. The zero-order valence-electron chi connectivity index (χ0n) is 13.2. The first-order valence-corrected chi connectivity index (χ1v) is 7.77. The Labute approximate surface area is 132 Å². The highest BCUT2D eigenvalue weighted by molar-refractivity contribution is 5.78. The fraction of sp³-hybridized carbons (Fsp3) is 0.316. The van der Waals surface area contributed by atoms with Crippen molar-refractivity contribution in [1.29, 1.82) is 0 Å². The van der Waals surface area contributed by atoms with Crippen molar-refractivity contribution in [1.82, 2.24) is 5.32 Å². The summed E-state index contributed by atoms with van der Waals surface area (Å²) >= 11 is 0. The summed E-state index contributed by atoms with van der Waals surface area (Å²) in [6.45, 7) is 4.16. The highest BCUT2D eigenvalue weighted by Gasteiger charge is 2.10. The van der Waals surface area contributed by atoms with Crippen molar-refractivity contribution >= 4 is 5.91 Å². The van der Waals surface area contributed by atoms with E-state index in [1.165, 1.54) is 0 Å². The number of nitrogens with one attached hydrogen (secondary N) is 1. The van der Waals surface area contributed by atoms with Gasteiger partial charge in [0.05, 0.1) is 0 Å². The molecule has 0 fully saturated rings. The van der Waals surface area contributed by atoms with Crippen LogP contribution in [0.3, 0.4) is 0 Å². The molecule has 0 bridgehead atoms. The second-order valence-corrected chi connectivity index (χ2v) is 5.41. The molecule has 2 rings (SSSR count). The molecule has 0 aliphatic rings. The van der Waals surface area contributed by atoms with Crippen molar-refractivity contribution in [2.75, 3.05) is 6.61 Å². The second kappa shape index (κ2) is 8.23. The van der Waals surface area contributed by atoms with Crippen LogP contribution in [-0.2, 0) is 4.79 Å². The van der Waals surface area contributed by atoms with Crippen LogP contribution in [0.4, 0.5) is 0 Å². The van der Waals surface area contributed by atoms with E-state index in [2.05, 4.69) is 12.2 Å². The quantitative estimate of drug-likeness (QED) is 0.837. The summed E-state index contributed by atoms with van der Waals surface area (Å²) in [7, 11) is 0. The summed E-state index contributed by atoms with van der Waals surface area (Å²) in [6.07, 6.45) is 2.03. The first-order chi connectivity index (χ1) is 10.7. The predicted octanol–water partition coefficient (Wildman–Crippen LogP) is 4.04. The van der Waals surface area contributed by atoms with Crippen molar-refractivity contribution in [3.63, 3.8) is 0 Å². The molecule has 1 N–H and O–H groups in total. The molecule has 0 aromatic heterocycles. The average molecular weight is 297 g/mol. The zero-order valence-corrected chi connectivity index (χ0v) is 13.2. The van der Waals surface area contributed by atoms with Crippen molar-refractivity contribution in [3.05, 3.63) is 54.6 Å². The molecule has 0 aliphatic heterocycles. The highest BCUT2D eigenvalue weighted by Crippen LogP contribution is 2.29. The van der Waals surface area contributed by atoms with Gasteiger partial charge in [0.25, 0.3) is 5.91 Å². The maximum atomic E-state index is 11.9. The minimum atomic E-state index is -0.0798. The Morgan fingerprint density at radius 1 is 1.09 bits per heavy atom. The van der Waals surface area contributed by atoms with Gasteiger partial charge in [0.15, 0.2) is 6.61 Å². The van der Waals surface area contributed by atoms with Crippen LogP contribution in [0.5, 0.6) is 5.75 Å². The van der Waals surface area contributed by atoms with Crippen molar-refractivity contribution in [2.24, 2.45) is 0 Å². The number of carbonyl (C=O) groups excluding carboxylic acids is 1.